The van der Waals surface area contributed by atoms with E-state index in [-0.39, 0.29) is 18.0 Å². The van der Waals surface area contributed by atoms with Crippen molar-refractivity contribution in [3.05, 3.63) is 48.3 Å². The first kappa shape index (κ1) is 19.6. The SMILES string of the molecule is COc1ccc(N2CCCS2(=O)=O)cc1NC(=O)C(=O)NCc1ccccn1. The Morgan fingerprint density at radius 1 is 1.21 bits per heavy atom. The van der Waals surface area contributed by atoms with E-state index in [1.54, 1.807) is 36.5 Å². The molecule has 1 fully saturated rings. The first-order chi connectivity index (χ1) is 13.4. The highest BCUT2D eigenvalue weighted by Crippen LogP contribution is 2.32. The zero-order chi connectivity index (χ0) is 20.1. The van der Waals surface area contributed by atoms with Crippen molar-refractivity contribution < 1.29 is 22.7 Å². The fourth-order valence-electron chi connectivity index (χ4n) is 2.81. The number of rotatable bonds is 5. The van der Waals surface area contributed by atoms with Crippen LogP contribution in [0.1, 0.15) is 12.1 Å². The summed E-state index contributed by atoms with van der Waals surface area (Å²) in [7, 11) is -1.95. The van der Waals surface area contributed by atoms with E-state index in [0.717, 1.165) is 0 Å². The Hall–Kier alpha value is -3.14. The number of pyridine rings is 1. The third kappa shape index (κ3) is 4.39. The van der Waals surface area contributed by atoms with Gasteiger partial charge in [-0.05, 0) is 36.8 Å². The summed E-state index contributed by atoms with van der Waals surface area (Å²) < 4.78 is 30.7. The van der Waals surface area contributed by atoms with E-state index in [1.165, 1.54) is 17.5 Å². The summed E-state index contributed by atoms with van der Waals surface area (Å²) in [5.41, 5.74) is 1.23. The minimum absolute atomic E-state index is 0.0800. The molecule has 9 nitrogen and oxygen atoms in total. The molecular formula is C18H20N4O5S. The summed E-state index contributed by atoms with van der Waals surface area (Å²) in [5, 5.41) is 4.95. The quantitative estimate of drug-likeness (QED) is 0.715. The number of carbonyl (C=O) groups excluding carboxylic acids is 2. The Morgan fingerprint density at radius 3 is 2.68 bits per heavy atom. The second kappa shape index (κ2) is 8.26. The standard InChI is InChI=1S/C18H20N4O5S/c1-27-16-7-6-14(22-9-4-10-28(22,25)26)11-15(16)21-18(24)17(23)20-12-13-5-2-3-8-19-13/h2-3,5-8,11H,4,9-10,12H2,1H3,(H,20,23)(H,21,24). The van der Waals surface area contributed by atoms with E-state index < -0.39 is 21.8 Å². The van der Waals surface area contributed by atoms with Gasteiger partial charge in [0.05, 0.1) is 36.5 Å². The van der Waals surface area contributed by atoms with Gasteiger partial charge in [-0.2, -0.15) is 0 Å². The van der Waals surface area contributed by atoms with Crippen LogP contribution in [0.3, 0.4) is 0 Å². The van der Waals surface area contributed by atoms with Gasteiger partial charge in [0.1, 0.15) is 5.75 Å². The minimum Gasteiger partial charge on any atom is -0.495 e. The van der Waals surface area contributed by atoms with E-state index in [1.807, 2.05) is 0 Å². The Labute approximate surface area is 162 Å². The molecule has 1 aromatic heterocycles. The number of carbonyl (C=O) groups is 2. The van der Waals surface area contributed by atoms with Crippen molar-refractivity contribution in [3.8, 4) is 5.75 Å². The molecule has 0 saturated carbocycles. The lowest BCUT2D eigenvalue weighted by Gasteiger charge is -2.19. The maximum Gasteiger partial charge on any atom is 0.313 e. The van der Waals surface area contributed by atoms with Crippen LogP contribution in [0.15, 0.2) is 42.6 Å². The third-order valence-electron chi connectivity index (χ3n) is 4.18. The molecule has 0 aliphatic carbocycles. The highest BCUT2D eigenvalue weighted by molar-refractivity contribution is 7.93. The first-order valence-corrected chi connectivity index (χ1v) is 10.2. The molecule has 0 radical (unpaired) electrons. The molecule has 0 bridgehead atoms. The van der Waals surface area contributed by atoms with Crippen LogP contribution in [-0.4, -0.2) is 44.6 Å². The second-order valence-electron chi connectivity index (χ2n) is 6.08. The third-order valence-corrected chi connectivity index (χ3v) is 6.05. The van der Waals surface area contributed by atoms with Crippen LogP contribution >= 0.6 is 0 Å². The number of amides is 2. The van der Waals surface area contributed by atoms with Gasteiger partial charge in [-0.15, -0.1) is 0 Å². The van der Waals surface area contributed by atoms with E-state index in [2.05, 4.69) is 15.6 Å². The van der Waals surface area contributed by atoms with Gasteiger partial charge in [0.25, 0.3) is 0 Å². The molecule has 2 N–H and O–H groups in total. The average Bonchev–Trinajstić information content (AvgIpc) is 3.05. The molecule has 2 amide bonds. The lowest BCUT2D eigenvalue weighted by atomic mass is 10.2. The zero-order valence-corrected chi connectivity index (χ0v) is 16.0. The van der Waals surface area contributed by atoms with Crippen molar-refractivity contribution >= 4 is 33.2 Å². The van der Waals surface area contributed by atoms with Gasteiger partial charge in [-0.3, -0.25) is 18.9 Å². The van der Waals surface area contributed by atoms with E-state index in [4.69, 9.17) is 4.74 Å². The Kier molecular flexibility index (Phi) is 5.78. The number of aromatic nitrogens is 1. The van der Waals surface area contributed by atoms with Crippen LogP contribution in [0, 0.1) is 0 Å². The Bertz CT molecular complexity index is 979. The fourth-order valence-corrected chi connectivity index (χ4v) is 4.37. The topological polar surface area (TPSA) is 118 Å². The van der Waals surface area contributed by atoms with Crippen LogP contribution in [0.2, 0.25) is 0 Å². The molecule has 1 saturated heterocycles. The number of methoxy groups -OCH3 is 1. The average molecular weight is 404 g/mol. The molecule has 1 aliphatic rings. The van der Waals surface area contributed by atoms with E-state index >= 15 is 0 Å². The van der Waals surface area contributed by atoms with Gasteiger partial charge >= 0.3 is 11.8 Å². The summed E-state index contributed by atoms with van der Waals surface area (Å²) in [6, 6.07) is 9.87. The predicted octanol–water partition coefficient (Wildman–Crippen LogP) is 0.885. The molecule has 2 heterocycles. The number of hydrogen-bond donors (Lipinski definition) is 2. The lowest BCUT2D eigenvalue weighted by molar-refractivity contribution is -0.136. The number of ether oxygens (including phenoxy) is 1. The van der Waals surface area contributed by atoms with Crippen LogP contribution in [0.5, 0.6) is 5.75 Å². The van der Waals surface area contributed by atoms with Gasteiger partial charge in [-0.1, -0.05) is 6.07 Å². The molecule has 1 aliphatic heterocycles. The number of nitrogens with one attached hydrogen (secondary N) is 2. The summed E-state index contributed by atoms with van der Waals surface area (Å²) >= 11 is 0. The number of hydrogen-bond acceptors (Lipinski definition) is 6. The smallest absolute Gasteiger partial charge is 0.313 e. The molecule has 0 unspecified atom stereocenters. The van der Waals surface area contributed by atoms with Crippen molar-refractivity contribution in [1.82, 2.24) is 10.3 Å². The number of sulfonamides is 1. The van der Waals surface area contributed by atoms with Crippen molar-refractivity contribution in [2.24, 2.45) is 0 Å². The van der Waals surface area contributed by atoms with Crippen LogP contribution < -0.4 is 19.7 Å². The molecule has 10 heteroatoms. The second-order valence-corrected chi connectivity index (χ2v) is 8.10. The van der Waals surface area contributed by atoms with Crippen molar-refractivity contribution in [2.75, 3.05) is 29.0 Å². The largest absolute Gasteiger partial charge is 0.495 e. The predicted molar refractivity (Wildman–Crippen MR) is 103 cm³/mol. The molecule has 28 heavy (non-hydrogen) atoms. The molecular weight excluding hydrogens is 384 g/mol. The van der Waals surface area contributed by atoms with E-state index in [9.17, 15) is 18.0 Å². The molecule has 148 valence electrons. The summed E-state index contributed by atoms with van der Waals surface area (Å²) in [5.74, 6) is -1.34. The molecule has 1 aromatic carbocycles. The number of benzene rings is 1. The number of nitrogens with zero attached hydrogens (tertiary/aromatic N) is 2. The van der Waals surface area contributed by atoms with Gasteiger partial charge in [0.2, 0.25) is 10.0 Å². The summed E-state index contributed by atoms with van der Waals surface area (Å²) in [6.45, 7) is 0.475. The van der Waals surface area contributed by atoms with E-state index in [0.29, 0.717) is 30.1 Å². The van der Waals surface area contributed by atoms with Crippen LogP contribution in [-0.2, 0) is 26.2 Å². The van der Waals surface area contributed by atoms with Crippen molar-refractivity contribution in [1.29, 1.82) is 0 Å². The van der Waals surface area contributed by atoms with Crippen LogP contribution in [0.4, 0.5) is 11.4 Å². The summed E-state index contributed by atoms with van der Waals surface area (Å²) in [4.78, 5) is 28.4. The maximum atomic E-state index is 12.2. The van der Waals surface area contributed by atoms with Crippen molar-refractivity contribution in [3.63, 3.8) is 0 Å². The zero-order valence-electron chi connectivity index (χ0n) is 15.2. The van der Waals surface area contributed by atoms with Gasteiger partial charge < -0.3 is 15.4 Å². The highest BCUT2D eigenvalue weighted by atomic mass is 32.2. The van der Waals surface area contributed by atoms with Gasteiger partial charge in [0, 0.05) is 12.7 Å². The van der Waals surface area contributed by atoms with Gasteiger partial charge in [0.15, 0.2) is 0 Å². The van der Waals surface area contributed by atoms with Gasteiger partial charge in [-0.25, -0.2) is 8.42 Å². The monoisotopic (exact) mass is 404 g/mol. The minimum atomic E-state index is -3.37. The Balaban J connectivity index is 1.72. The molecule has 3 rings (SSSR count). The fraction of sp³-hybridized carbons (Fsp3) is 0.278. The molecule has 0 spiro atoms. The van der Waals surface area contributed by atoms with Crippen LogP contribution in [0.25, 0.3) is 0 Å². The van der Waals surface area contributed by atoms with Crippen molar-refractivity contribution in [2.45, 2.75) is 13.0 Å². The maximum absolute atomic E-state index is 12.2. The normalized spacial score (nSPS) is 15.1. The molecule has 2 aromatic rings. The molecule has 0 atom stereocenters. The lowest BCUT2D eigenvalue weighted by Crippen LogP contribution is -2.35. The Morgan fingerprint density at radius 2 is 2.04 bits per heavy atom. The highest BCUT2D eigenvalue weighted by Gasteiger charge is 2.29. The first-order valence-electron chi connectivity index (χ1n) is 8.58. The summed E-state index contributed by atoms with van der Waals surface area (Å²) in [6.07, 6.45) is 2.12. The number of anilines is 2.